The second-order valence-corrected chi connectivity index (χ2v) is 6.24. The Hall–Kier alpha value is -1.92. The molecule has 1 aromatic carbocycles. The maximum Gasteiger partial charge on any atom is 0.247 e. The first-order chi connectivity index (χ1) is 10.0. The molecule has 0 aliphatic carbocycles. The quantitative estimate of drug-likeness (QED) is 0.804. The fourth-order valence-electron chi connectivity index (χ4n) is 1.97. The standard InChI is InChI=1S/C14H13ClN4OS/c1-8-3-4-11-12(5-8)21-14(16-11)17-13(20)7-19-6-10(15)9(2)18-19/h3-6H,7H2,1-2H3,(H,16,17,20). The van der Waals surface area contributed by atoms with Crippen molar-refractivity contribution in [2.75, 3.05) is 5.32 Å². The van der Waals surface area contributed by atoms with Gasteiger partial charge in [-0.05, 0) is 31.5 Å². The largest absolute Gasteiger partial charge is 0.300 e. The number of hydrogen-bond acceptors (Lipinski definition) is 4. The van der Waals surface area contributed by atoms with E-state index in [9.17, 15) is 4.79 Å². The van der Waals surface area contributed by atoms with Crippen LogP contribution >= 0.6 is 22.9 Å². The lowest BCUT2D eigenvalue weighted by Gasteiger charge is -2.01. The zero-order valence-electron chi connectivity index (χ0n) is 11.6. The van der Waals surface area contributed by atoms with Crippen LogP contribution in [-0.2, 0) is 11.3 Å². The molecular weight excluding hydrogens is 308 g/mol. The first kappa shape index (κ1) is 14.0. The number of anilines is 1. The van der Waals surface area contributed by atoms with Crippen molar-refractivity contribution in [1.29, 1.82) is 0 Å². The molecule has 5 nitrogen and oxygen atoms in total. The Morgan fingerprint density at radius 3 is 2.95 bits per heavy atom. The zero-order valence-corrected chi connectivity index (χ0v) is 13.1. The molecule has 2 heterocycles. The summed E-state index contributed by atoms with van der Waals surface area (Å²) in [6.07, 6.45) is 1.64. The number of halogens is 1. The molecule has 0 unspecified atom stereocenters. The molecule has 108 valence electrons. The predicted octanol–water partition coefficient (Wildman–Crippen LogP) is 3.40. The third-order valence-corrected chi connectivity index (χ3v) is 4.29. The summed E-state index contributed by atoms with van der Waals surface area (Å²) in [5.74, 6) is -0.176. The third-order valence-electron chi connectivity index (χ3n) is 2.98. The van der Waals surface area contributed by atoms with Crippen LogP contribution in [0.2, 0.25) is 5.02 Å². The molecule has 0 fully saturated rings. The Morgan fingerprint density at radius 1 is 1.43 bits per heavy atom. The Bertz CT molecular complexity index is 804. The number of amides is 1. The molecule has 0 radical (unpaired) electrons. The zero-order chi connectivity index (χ0) is 15.0. The van der Waals surface area contributed by atoms with Gasteiger partial charge in [0.2, 0.25) is 5.91 Å². The molecule has 1 N–H and O–H groups in total. The van der Waals surface area contributed by atoms with Crippen molar-refractivity contribution in [3.63, 3.8) is 0 Å². The van der Waals surface area contributed by atoms with Crippen molar-refractivity contribution in [3.05, 3.63) is 40.7 Å². The minimum absolute atomic E-state index is 0.114. The van der Waals surface area contributed by atoms with Gasteiger partial charge in [-0.1, -0.05) is 29.0 Å². The molecule has 21 heavy (non-hydrogen) atoms. The van der Waals surface area contributed by atoms with Gasteiger partial charge in [0.25, 0.3) is 0 Å². The maximum atomic E-state index is 12.0. The predicted molar refractivity (Wildman–Crippen MR) is 85.0 cm³/mol. The second-order valence-electron chi connectivity index (χ2n) is 4.80. The monoisotopic (exact) mass is 320 g/mol. The van der Waals surface area contributed by atoms with E-state index in [1.807, 2.05) is 19.1 Å². The van der Waals surface area contributed by atoms with Crippen molar-refractivity contribution < 1.29 is 4.79 Å². The number of benzene rings is 1. The average molecular weight is 321 g/mol. The van der Waals surface area contributed by atoms with Crippen molar-refractivity contribution in [3.8, 4) is 0 Å². The van der Waals surface area contributed by atoms with Crippen molar-refractivity contribution in [1.82, 2.24) is 14.8 Å². The first-order valence-corrected chi connectivity index (χ1v) is 7.57. The van der Waals surface area contributed by atoms with E-state index in [4.69, 9.17) is 11.6 Å². The van der Waals surface area contributed by atoms with E-state index in [1.165, 1.54) is 21.6 Å². The Morgan fingerprint density at radius 2 is 2.24 bits per heavy atom. The lowest BCUT2D eigenvalue weighted by molar-refractivity contribution is -0.116. The summed E-state index contributed by atoms with van der Waals surface area (Å²) in [7, 11) is 0. The number of carbonyl (C=O) groups is 1. The number of aromatic nitrogens is 3. The second kappa shape index (κ2) is 5.46. The Kier molecular flexibility index (Phi) is 3.65. The molecule has 0 atom stereocenters. The number of carbonyl (C=O) groups excluding carboxylic acids is 1. The van der Waals surface area contributed by atoms with E-state index in [-0.39, 0.29) is 12.5 Å². The number of aryl methyl sites for hydroxylation is 2. The van der Waals surface area contributed by atoms with Crippen LogP contribution in [0, 0.1) is 13.8 Å². The van der Waals surface area contributed by atoms with Gasteiger partial charge in [0, 0.05) is 6.20 Å². The van der Waals surface area contributed by atoms with Crippen LogP contribution < -0.4 is 5.32 Å². The van der Waals surface area contributed by atoms with Crippen LogP contribution in [-0.4, -0.2) is 20.7 Å². The molecule has 1 amide bonds. The van der Waals surface area contributed by atoms with Crippen LogP contribution in [0.1, 0.15) is 11.3 Å². The normalized spacial score (nSPS) is 11.0. The van der Waals surface area contributed by atoms with E-state index in [1.54, 1.807) is 13.1 Å². The van der Waals surface area contributed by atoms with E-state index in [0.717, 1.165) is 10.2 Å². The fraction of sp³-hybridized carbons (Fsp3) is 0.214. The maximum absolute atomic E-state index is 12.0. The van der Waals surface area contributed by atoms with Crippen LogP contribution in [0.15, 0.2) is 24.4 Å². The highest BCUT2D eigenvalue weighted by Gasteiger charge is 2.10. The van der Waals surface area contributed by atoms with Crippen molar-refractivity contribution in [2.24, 2.45) is 0 Å². The SMILES string of the molecule is Cc1ccc2nc(NC(=O)Cn3cc(Cl)c(C)n3)sc2c1. The van der Waals surface area contributed by atoms with Gasteiger partial charge in [-0.15, -0.1) is 0 Å². The highest BCUT2D eigenvalue weighted by Crippen LogP contribution is 2.26. The first-order valence-electron chi connectivity index (χ1n) is 6.38. The minimum Gasteiger partial charge on any atom is -0.300 e. The summed E-state index contributed by atoms with van der Waals surface area (Å²) in [4.78, 5) is 16.4. The van der Waals surface area contributed by atoms with E-state index in [0.29, 0.717) is 15.8 Å². The molecule has 0 aliphatic rings. The van der Waals surface area contributed by atoms with Gasteiger partial charge >= 0.3 is 0 Å². The van der Waals surface area contributed by atoms with E-state index in [2.05, 4.69) is 21.5 Å². The number of thiazole rings is 1. The number of nitrogens with zero attached hydrogens (tertiary/aromatic N) is 3. The number of hydrogen-bond donors (Lipinski definition) is 1. The summed E-state index contributed by atoms with van der Waals surface area (Å²) in [6.45, 7) is 3.94. The topological polar surface area (TPSA) is 59.8 Å². The van der Waals surface area contributed by atoms with Gasteiger partial charge in [0.15, 0.2) is 5.13 Å². The van der Waals surface area contributed by atoms with E-state index >= 15 is 0 Å². The van der Waals surface area contributed by atoms with Gasteiger partial charge < -0.3 is 5.32 Å². The molecule has 7 heteroatoms. The molecule has 0 spiro atoms. The summed E-state index contributed by atoms with van der Waals surface area (Å²) in [6, 6.07) is 6.01. The van der Waals surface area contributed by atoms with Gasteiger partial charge in [-0.3, -0.25) is 9.48 Å². The summed E-state index contributed by atoms with van der Waals surface area (Å²) in [5, 5.41) is 8.09. The number of fused-ring (bicyclic) bond motifs is 1. The van der Waals surface area contributed by atoms with Crippen LogP contribution in [0.25, 0.3) is 10.2 Å². The molecule has 3 aromatic rings. The molecule has 0 aliphatic heterocycles. The lowest BCUT2D eigenvalue weighted by atomic mass is 10.2. The van der Waals surface area contributed by atoms with Crippen LogP contribution in [0.5, 0.6) is 0 Å². The van der Waals surface area contributed by atoms with Gasteiger partial charge in [0.05, 0.1) is 20.9 Å². The molecule has 2 aromatic heterocycles. The van der Waals surface area contributed by atoms with Crippen molar-refractivity contribution in [2.45, 2.75) is 20.4 Å². The molecule has 0 bridgehead atoms. The van der Waals surface area contributed by atoms with Gasteiger partial charge in [-0.25, -0.2) is 4.98 Å². The van der Waals surface area contributed by atoms with Gasteiger partial charge in [-0.2, -0.15) is 5.10 Å². The molecule has 3 rings (SSSR count). The molecule has 0 saturated carbocycles. The Balaban J connectivity index is 1.73. The fourth-order valence-corrected chi connectivity index (χ4v) is 3.10. The summed E-state index contributed by atoms with van der Waals surface area (Å²) < 4.78 is 2.58. The molecule has 0 saturated heterocycles. The third kappa shape index (κ3) is 3.06. The van der Waals surface area contributed by atoms with E-state index < -0.39 is 0 Å². The van der Waals surface area contributed by atoms with Gasteiger partial charge in [0.1, 0.15) is 6.54 Å². The minimum atomic E-state index is -0.176. The number of rotatable bonds is 3. The van der Waals surface area contributed by atoms with Crippen LogP contribution in [0.3, 0.4) is 0 Å². The van der Waals surface area contributed by atoms with Crippen molar-refractivity contribution >= 4 is 44.2 Å². The average Bonchev–Trinajstić information content (AvgIpc) is 2.92. The summed E-state index contributed by atoms with van der Waals surface area (Å²) in [5.41, 5.74) is 2.77. The molecular formula is C14H13ClN4OS. The highest BCUT2D eigenvalue weighted by molar-refractivity contribution is 7.22. The van der Waals surface area contributed by atoms with Crippen LogP contribution in [0.4, 0.5) is 5.13 Å². The number of nitrogens with one attached hydrogen (secondary N) is 1. The lowest BCUT2D eigenvalue weighted by Crippen LogP contribution is -2.18. The smallest absolute Gasteiger partial charge is 0.247 e. The highest BCUT2D eigenvalue weighted by atomic mass is 35.5. The summed E-state index contributed by atoms with van der Waals surface area (Å²) >= 11 is 7.38. The Labute approximate surface area is 130 Å².